The molecule has 1 aromatic carbocycles. The van der Waals surface area contributed by atoms with Crippen LogP contribution in [0.15, 0.2) is 40.7 Å². The second-order valence-corrected chi connectivity index (χ2v) is 6.69. The first-order valence-corrected chi connectivity index (χ1v) is 8.76. The third kappa shape index (κ3) is 3.30. The second-order valence-electron chi connectivity index (χ2n) is 5.47. The van der Waals surface area contributed by atoms with Gasteiger partial charge >= 0.3 is 0 Å². The molecular weight excluding hydrogens is 300 g/mol. The highest BCUT2D eigenvalue weighted by Crippen LogP contribution is 2.37. The Morgan fingerprint density at radius 2 is 2.10 bits per heavy atom. The fraction of sp³-hybridized carbons (Fsp3) is 0.353. The Bertz CT molecular complexity index is 628. The van der Waals surface area contributed by atoms with Crippen LogP contribution >= 0.6 is 22.9 Å². The fourth-order valence-electron chi connectivity index (χ4n) is 3.03. The predicted molar refractivity (Wildman–Crippen MR) is 91.9 cm³/mol. The summed E-state index contributed by atoms with van der Waals surface area (Å²) in [6, 6.07) is 10.3. The number of benzene rings is 1. The molecule has 2 N–H and O–H groups in total. The Morgan fingerprint density at radius 3 is 2.76 bits per heavy atom. The van der Waals surface area contributed by atoms with Crippen molar-refractivity contribution in [2.24, 2.45) is 10.7 Å². The summed E-state index contributed by atoms with van der Waals surface area (Å²) in [6.07, 6.45) is 5.23. The van der Waals surface area contributed by atoms with Crippen molar-refractivity contribution in [1.29, 1.82) is 0 Å². The molecule has 1 aliphatic carbocycles. The van der Waals surface area contributed by atoms with Crippen molar-refractivity contribution in [3.05, 3.63) is 51.7 Å². The van der Waals surface area contributed by atoms with Gasteiger partial charge < -0.3 is 5.73 Å². The first kappa shape index (κ1) is 14.6. The van der Waals surface area contributed by atoms with Crippen LogP contribution in [0.3, 0.4) is 0 Å². The summed E-state index contributed by atoms with van der Waals surface area (Å²) < 4.78 is 0. The second kappa shape index (κ2) is 6.63. The van der Waals surface area contributed by atoms with Gasteiger partial charge in [0.25, 0.3) is 0 Å². The molecule has 1 aromatic heterocycles. The molecule has 2 aromatic rings. The largest absolute Gasteiger partial charge is 0.383 e. The smallest absolute Gasteiger partial charge is 0.141 e. The number of hydrogen-bond acceptors (Lipinski definition) is 2. The van der Waals surface area contributed by atoms with Crippen LogP contribution in [0.4, 0.5) is 5.69 Å². The van der Waals surface area contributed by atoms with Gasteiger partial charge in [-0.05, 0) is 53.5 Å². The summed E-state index contributed by atoms with van der Waals surface area (Å²) in [7, 11) is 0. The monoisotopic (exact) mass is 318 g/mol. The maximum Gasteiger partial charge on any atom is 0.141 e. The molecular formula is C17H19ClN2S. The van der Waals surface area contributed by atoms with E-state index in [9.17, 15) is 0 Å². The van der Waals surface area contributed by atoms with Gasteiger partial charge in [0, 0.05) is 5.88 Å². The zero-order valence-corrected chi connectivity index (χ0v) is 13.5. The van der Waals surface area contributed by atoms with E-state index in [0.29, 0.717) is 17.6 Å². The van der Waals surface area contributed by atoms with E-state index in [1.165, 1.54) is 36.8 Å². The molecule has 0 unspecified atom stereocenters. The van der Waals surface area contributed by atoms with E-state index in [4.69, 9.17) is 17.3 Å². The number of halogens is 1. The fourth-order valence-corrected chi connectivity index (χ4v) is 3.89. The zero-order valence-electron chi connectivity index (χ0n) is 11.9. The van der Waals surface area contributed by atoms with E-state index in [-0.39, 0.29) is 0 Å². The third-order valence-corrected chi connectivity index (χ3v) is 5.27. The van der Waals surface area contributed by atoms with Crippen molar-refractivity contribution in [2.75, 3.05) is 0 Å². The highest BCUT2D eigenvalue weighted by molar-refractivity contribution is 7.12. The minimum atomic E-state index is 0.536. The maximum absolute atomic E-state index is 6.14. The third-order valence-electron chi connectivity index (χ3n) is 4.09. The van der Waals surface area contributed by atoms with Gasteiger partial charge in [-0.25, -0.2) is 4.99 Å². The van der Waals surface area contributed by atoms with Gasteiger partial charge in [0.2, 0.25) is 0 Å². The van der Waals surface area contributed by atoms with E-state index in [1.807, 2.05) is 17.5 Å². The van der Waals surface area contributed by atoms with Gasteiger partial charge in [-0.2, -0.15) is 0 Å². The molecule has 2 nitrogen and oxygen atoms in total. The molecule has 0 radical (unpaired) electrons. The minimum Gasteiger partial charge on any atom is -0.383 e. The Hall–Kier alpha value is -1.32. The van der Waals surface area contributed by atoms with Gasteiger partial charge in [-0.1, -0.05) is 25.0 Å². The van der Waals surface area contributed by atoms with Crippen molar-refractivity contribution < 1.29 is 0 Å². The number of thiophene rings is 1. The Morgan fingerprint density at radius 1 is 1.29 bits per heavy atom. The van der Waals surface area contributed by atoms with Crippen LogP contribution < -0.4 is 5.73 Å². The summed E-state index contributed by atoms with van der Waals surface area (Å²) in [4.78, 5) is 5.53. The highest BCUT2D eigenvalue weighted by atomic mass is 35.5. The lowest BCUT2D eigenvalue weighted by Crippen LogP contribution is -2.10. The molecule has 0 amide bonds. The summed E-state index contributed by atoms with van der Waals surface area (Å²) >= 11 is 7.74. The molecule has 1 aliphatic rings. The van der Waals surface area contributed by atoms with Gasteiger partial charge in [0.05, 0.1) is 10.6 Å². The Kier molecular flexibility index (Phi) is 4.61. The van der Waals surface area contributed by atoms with Crippen LogP contribution in [0, 0.1) is 0 Å². The lowest BCUT2D eigenvalue weighted by atomic mass is 9.93. The van der Waals surface area contributed by atoms with Crippen molar-refractivity contribution in [1.82, 2.24) is 0 Å². The van der Waals surface area contributed by atoms with E-state index in [2.05, 4.69) is 23.2 Å². The van der Waals surface area contributed by atoms with Crippen LogP contribution in [0.2, 0.25) is 0 Å². The molecule has 1 fully saturated rings. The van der Waals surface area contributed by atoms with Gasteiger partial charge in [-0.3, -0.25) is 0 Å². The van der Waals surface area contributed by atoms with E-state index >= 15 is 0 Å². The van der Waals surface area contributed by atoms with Crippen LogP contribution in [-0.4, -0.2) is 5.84 Å². The molecule has 1 saturated carbocycles. The molecule has 3 rings (SSSR count). The Labute approximate surface area is 134 Å². The number of alkyl halides is 1. The van der Waals surface area contributed by atoms with Crippen molar-refractivity contribution in [3.63, 3.8) is 0 Å². The predicted octanol–water partition coefficient (Wildman–Crippen LogP) is 5.18. The summed E-state index contributed by atoms with van der Waals surface area (Å²) in [5.41, 5.74) is 9.54. The lowest BCUT2D eigenvalue weighted by Gasteiger charge is -2.14. The lowest BCUT2D eigenvalue weighted by molar-refractivity contribution is 0.717. The van der Waals surface area contributed by atoms with Crippen LogP contribution in [0.5, 0.6) is 0 Å². The normalized spacial score (nSPS) is 16.5. The van der Waals surface area contributed by atoms with Gasteiger partial charge in [0.1, 0.15) is 5.84 Å². The first-order valence-electron chi connectivity index (χ1n) is 7.35. The van der Waals surface area contributed by atoms with E-state index in [0.717, 1.165) is 10.6 Å². The molecule has 1 heterocycles. The molecule has 0 bridgehead atoms. The first-order chi connectivity index (χ1) is 10.3. The zero-order chi connectivity index (χ0) is 14.7. The molecule has 0 atom stereocenters. The van der Waals surface area contributed by atoms with Gasteiger partial charge in [-0.15, -0.1) is 22.9 Å². The van der Waals surface area contributed by atoms with Crippen LogP contribution in [-0.2, 0) is 5.88 Å². The van der Waals surface area contributed by atoms with Crippen molar-refractivity contribution in [3.8, 4) is 0 Å². The maximum atomic E-state index is 6.14. The highest BCUT2D eigenvalue weighted by Gasteiger charge is 2.19. The Balaban J connectivity index is 1.89. The van der Waals surface area contributed by atoms with E-state index < -0.39 is 0 Å². The van der Waals surface area contributed by atoms with Crippen LogP contribution in [0.1, 0.15) is 47.6 Å². The molecule has 21 heavy (non-hydrogen) atoms. The van der Waals surface area contributed by atoms with E-state index in [1.54, 1.807) is 11.3 Å². The SMILES string of the molecule is NC(=Nc1ccc(C2CCCC2)c(CCl)c1)c1cccs1. The number of nitrogens with zero attached hydrogens (tertiary/aromatic N) is 1. The molecule has 0 spiro atoms. The average Bonchev–Trinajstić information content (AvgIpc) is 3.20. The van der Waals surface area contributed by atoms with Crippen molar-refractivity contribution >= 4 is 34.5 Å². The topological polar surface area (TPSA) is 38.4 Å². The number of rotatable bonds is 4. The minimum absolute atomic E-state index is 0.536. The number of amidine groups is 1. The summed E-state index contributed by atoms with van der Waals surface area (Å²) in [5.74, 6) is 1.78. The molecule has 0 saturated heterocycles. The molecule has 4 heteroatoms. The molecule has 110 valence electrons. The average molecular weight is 319 g/mol. The van der Waals surface area contributed by atoms with Crippen molar-refractivity contribution in [2.45, 2.75) is 37.5 Å². The van der Waals surface area contributed by atoms with Crippen LogP contribution in [0.25, 0.3) is 0 Å². The summed E-state index contributed by atoms with van der Waals surface area (Å²) in [6.45, 7) is 0. The molecule has 0 aliphatic heterocycles. The quantitative estimate of drug-likeness (QED) is 0.470. The number of aliphatic imine (C=N–C) groups is 1. The summed E-state index contributed by atoms with van der Waals surface area (Å²) in [5, 5.41) is 2.01. The number of nitrogens with two attached hydrogens (primary N) is 1. The van der Waals surface area contributed by atoms with Gasteiger partial charge in [0.15, 0.2) is 0 Å². The standard InChI is InChI=1S/C17H19ClN2S/c18-11-13-10-14(20-17(19)16-6-3-9-21-16)7-8-15(13)12-4-1-2-5-12/h3,6-10,12H,1-2,4-5,11H2,(H2,19,20). The number of hydrogen-bond donors (Lipinski definition) is 1.